The van der Waals surface area contributed by atoms with E-state index in [-0.39, 0.29) is 6.61 Å². The molecule has 3 nitrogen and oxygen atoms in total. The molecule has 0 atom stereocenters. The second-order valence-electron chi connectivity index (χ2n) is 4.18. The van der Waals surface area contributed by atoms with Gasteiger partial charge in [-0.2, -0.15) is 0 Å². The lowest BCUT2D eigenvalue weighted by molar-refractivity contribution is 0.288. The fourth-order valence-corrected chi connectivity index (χ4v) is 2.28. The monoisotopic (exact) mass is 252 g/mol. The van der Waals surface area contributed by atoms with Crippen LogP contribution in [0.4, 0.5) is 0 Å². The van der Waals surface area contributed by atoms with Crippen LogP contribution in [0, 0.1) is 0 Å². The van der Waals surface area contributed by atoms with Gasteiger partial charge in [0.2, 0.25) is 0 Å². The van der Waals surface area contributed by atoms with Crippen molar-refractivity contribution in [1.29, 1.82) is 0 Å². The third-order valence-corrected chi connectivity index (χ3v) is 3.18. The largest absolute Gasteiger partial charge is 0.396 e. The van der Waals surface area contributed by atoms with Crippen LogP contribution in [0.25, 0.3) is 5.57 Å². The van der Waals surface area contributed by atoms with Crippen molar-refractivity contribution in [1.82, 2.24) is 10.3 Å². The molecule has 1 aliphatic rings. The van der Waals surface area contributed by atoms with Crippen LogP contribution in [0.5, 0.6) is 0 Å². The summed E-state index contributed by atoms with van der Waals surface area (Å²) < 4.78 is 0. The summed E-state index contributed by atoms with van der Waals surface area (Å²) in [6.45, 7) is 2.08. The molecule has 1 aliphatic heterocycles. The van der Waals surface area contributed by atoms with Crippen LogP contribution in [0.2, 0.25) is 5.02 Å². The Kier molecular flexibility index (Phi) is 4.54. The molecule has 0 saturated heterocycles. The minimum Gasteiger partial charge on any atom is -0.396 e. The standard InChI is InChI=1S/C13H17ClN2O/c14-12-8-10(2-1-7-17)9-16-13(12)11-3-5-15-6-4-11/h3,8-9,15,17H,1-2,4-7H2. The first-order valence-electron chi connectivity index (χ1n) is 5.96. The molecule has 0 aromatic carbocycles. The SMILES string of the molecule is OCCCc1cnc(C2=CCNCC2)c(Cl)c1. The second kappa shape index (κ2) is 6.15. The number of pyridine rings is 1. The van der Waals surface area contributed by atoms with Crippen molar-refractivity contribution in [2.45, 2.75) is 19.3 Å². The number of aromatic nitrogens is 1. The smallest absolute Gasteiger partial charge is 0.0845 e. The van der Waals surface area contributed by atoms with Crippen LogP contribution >= 0.6 is 11.6 Å². The van der Waals surface area contributed by atoms with Crippen LogP contribution in [-0.4, -0.2) is 29.8 Å². The summed E-state index contributed by atoms with van der Waals surface area (Å²) in [6.07, 6.45) is 6.56. The van der Waals surface area contributed by atoms with Gasteiger partial charge in [-0.25, -0.2) is 0 Å². The highest BCUT2D eigenvalue weighted by Gasteiger charge is 2.11. The summed E-state index contributed by atoms with van der Waals surface area (Å²) in [5, 5.41) is 12.8. The topological polar surface area (TPSA) is 45.2 Å². The molecule has 0 amide bonds. The molecular formula is C13H17ClN2O. The second-order valence-corrected chi connectivity index (χ2v) is 4.59. The molecule has 2 heterocycles. The summed E-state index contributed by atoms with van der Waals surface area (Å²) in [5.74, 6) is 0. The molecule has 0 radical (unpaired) electrons. The highest BCUT2D eigenvalue weighted by molar-refractivity contribution is 6.32. The number of halogens is 1. The third-order valence-electron chi connectivity index (χ3n) is 2.89. The fraction of sp³-hybridized carbons (Fsp3) is 0.462. The number of hydrogen-bond donors (Lipinski definition) is 2. The number of aliphatic hydroxyl groups is 1. The summed E-state index contributed by atoms with van der Waals surface area (Å²) in [7, 11) is 0. The molecule has 0 unspecified atom stereocenters. The van der Waals surface area contributed by atoms with Gasteiger partial charge in [0.1, 0.15) is 0 Å². The van der Waals surface area contributed by atoms with Gasteiger partial charge in [-0.3, -0.25) is 4.98 Å². The quantitative estimate of drug-likeness (QED) is 0.862. The Bertz CT molecular complexity index is 418. The Morgan fingerprint density at radius 1 is 1.47 bits per heavy atom. The Morgan fingerprint density at radius 2 is 2.35 bits per heavy atom. The van der Waals surface area contributed by atoms with Crippen molar-refractivity contribution in [3.05, 3.63) is 34.6 Å². The predicted octanol–water partition coefficient (Wildman–Crippen LogP) is 2.04. The van der Waals surface area contributed by atoms with Crippen molar-refractivity contribution in [2.24, 2.45) is 0 Å². The minimum absolute atomic E-state index is 0.205. The Labute approximate surface area is 107 Å². The molecule has 92 valence electrons. The van der Waals surface area contributed by atoms with E-state index in [0.717, 1.165) is 43.6 Å². The molecule has 0 aliphatic carbocycles. The molecule has 1 aromatic heterocycles. The normalized spacial score (nSPS) is 15.8. The van der Waals surface area contributed by atoms with E-state index in [1.165, 1.54) is 5.57 Å². The van der Waals surface area contributed by atoms with E-state index in [1.807, 2.05) is 12.3 Å². The molecule has 0 spiro atoms. The third kappa shape index (κ3) is 3.28. The molecule has 4 heteroatoms. The number of aliphatic hydroxyl groups excluding tert-OH is 1. The highest BCUT2D eigenvalue weighted by atomic mass is 35.5. The number of aryl methyl sites for hydroxylation is 1. The van der Waals surface area contributed by atoms with Crippen molar-refractivity contribution in [2.75, 3.05) is 19.7 Å². The summed E-state index contributed by atoms with van der Waals surface area (Å²) in [5.41, 5.74) is 3.21. The molecule has 17 heavy (non-hydrogen) atoms. The van der Waals surface area contributed by atoms with Crippen LogP contribution in [-0.2, 0) is 6.42 Å². The van der Waals surface area contributed by atoms with Crippen molar-refractivity contribution >= 4 is 17.2 Å². The first-order valence-corrected chi connectivity index (χ1v) is 6.34. The number of nitrogens with one attached hydrogen (secondary N) is 1. The maximum Gasteiger partial charge on any atom is 0.0845 e. The van der Waals surface area contributed by atoms with E-state index in [0.29, 0.717) is 5.02 Å². The minimum atomic E-state index is 0.205. The van der Waals surface area contributed by atoms with E-state index in [1.54, 1.807) is 0 Å². The maximum absolute atomic E-state index is 8.79. The van der Waals surface area contributed by atoms with Gasteiger partial charge in [0, 0.05) is 19.3 Å². The molecule has 1 aromatic rings. The van der Waals surface area contributed by atoms with Crippen LogP contribution in [0.15, 0.2) is 18.3 Å². The Hall–Kier alpha value is -0.900. The average molecular weight is 253 g/mol. The van der Waals surface area contributed by atoms with E-state index in [9.17, 15) is 0 Å². The van der Waals surface area contributed by atoms with Gasteiger partial charge < -0.3 is 10.4 Å². The van der Waals surface area contributed by atoms with Crippen LogP contribution in [0.1, 0.15) is 24.1 Å². The molecule has 0 saturated carbocycles. The van der Waals surface area contributed by atoms with Gasteiger partial charge in [0.15, 0.2) is 0 Å². The lowest BCUT2D eigenvalue weighted by Gasteiger charge is -2.15. The van der Waals surface area contributed by atoms with Gasteiger partial charge in [-0.1, -0.05) is 17.7 Å². The summed E-state index contributed by atoms with van der Waals surface area (Å²) in [6, 6.07) is 1.96. The zero-order chi connectivity index (χ0) is 12.1. The molecular weight excluding hydrogens is 236 g/mol. The molecule has 2 N–H and O–H groups in total. The van der Waals surface area contributed by atoms with Gasteiger partial charge in [-0.15, -0.1) is 0 Å². The van der Waals surface area contributed by atoms with Crippen LogP contribution in [0.3, 0.4) is 0 Å². The Morgan fingerprint density at radius 3 is 3.00 bits per heavy atom. The van der Waals surface area contributed by atoms with Gasteiger partial charge in [0.25, 0.3) is 0 Å². The van der Waals surface area contributed by atoms with Gasteiger partial charge >= 0.3 is 0 Å². The molecule has 2 rings (SSSR count). The van der Waals surface area contributed by atoms with E-state index in [4.69, 9.17) is 16.7 Å². The average Bonchev–Trinajstić information content (AvgIpc) is 2.37. The van der Waals surface area contributed by atoms with Crippen molar-refractivity contribution < 1.29 is 5.11 Å². The van der Waals surface area contributed by atoms with E-state index < -0.39 is 0 Å². The van der Waals surface area contributed by atoms with Crippen molar-refractivity contribution in [3.8, 4) is 0 Å². The lowest BCUT2D eigenvalue weighted by atomic mass is 10.0. The predicted molar refractivity (Wildman–Crippen MR) is 70.1 cm³/mol. The zero-order valence-electron chi connectivity index (χ0n) is 9.75. The number of rotatable bonds is 4. The van der Waals surface area contributed by atoms with E-state index >= 15 is 0 Å². The van der Waals surface area contributed by atoms with E-state index in [2.05, 4.69) is 16.4 Å². The van der Waals surface area contributed by atoms with Gasteiger partial charge in [0.05, 0.1) is 10.7 Å². The maximum atomic E-state index is 8.79. The first kappa shape index (κ1) is 12.6. The summed E-state index contributed by atoms with van der Waals surface area (Å²) >= 11 is 6.26. The zero-order valence-corrected chi connectivity index (χ0v) is 10.5. The fourth-order valence-electron chi connectivity index (χ4n) is 1.97. The molecule has 0 fully saturated rings. The summed E-state index contributed by atoms with van der Waals surface area (Å²) in [4.78, 5) is 4.45. The van der Waals surface area contributed by atoms with Crippen LogP contribution < -0.4 is 5.32 Å². The van der Waals surface area contributed by atoms with Crippen molar-refractivity contribution in [3.63, 3.8) is 0 Å². The highest BCUT2D eigenvalue weighted by Crippen LogP contribution is 2.26. The number of nitrogens with zero attached hydrogens (tertiary/aromatic N) is 1. The first-order chi connectivity index (χ1) is 8.31. The number of hydrogen-bond acceptors (Lipinski definition) is 3. The van der Waals surface area contributed by atoms with Gasteiger partial charge in [-0.05, 0) is 43.0 Å². The lowest BCUT2D eigenvalue weighted by Crippen LogP contribution is -2.20. The molecule has 0 bridgehead atoms. The Balaban J connectivity index is 2.16.